The van der Waals surface area contributed by atoms with Gasteiger partial charge in [0.2, 0.25) is 0 Å². The second-order valence-electron chi connectivity index (χ2n) is 7.90. The van der Waals surface area contributed by atoms with Crippen LogP contribution in [0.2, 0.25) is 0 Å². The third kappa shape index (κ3) is 13.3. The minimum atomic E-state index is -0.732. The Balaban J connectivity index is 2.27. The molecule has 0 aromatic heterocycles. The van der Waals surface area contributed by atoms with E-state index in [0.29, 0.717) is 6.61 Å². The molecule has 0 amide bonds. The Labute approximate surface area is 194 Å². The molecule has 4 atom stereocenters. The Hall–Kier alpha value is -2.94. The van der Waals surface area contributed by atoms with Gasteiger partial charge in [-0.2, -0.15) is 0 Å². The van der Waals surface area contributed by atoms with E-state index in [4.69, 9.17) is 18.9 Å². The summed E-state index contributed by atoms with van der Waals surface area (Å²) in [4.78, 5) is 47.2. The molecule has 184 valence electrons. The minimum Gasteiger partial charge on any atom is -0.469 e. The first kappa shape index (κ1) is 28.1. The molecule has 0 saturated carbocycles. The highest BCUT2D eigenvalue weighted by molar-refractivity contribution is 5.74. The molecule has 0 N–H and O–H groups in total. The van der Waals surface area contributed by atoms with Gasteiger partial charge in [0, 0.05) is 0 Å². The third-order valence-electron chi connectivity index (χ3n) is 4.42. The van der Waals surface area contributed by atoms with Crippen LogP contribution in [0.5, 0.6) is 0 Å². The van der Waals surface area contributed by atoms with Gasteiger partial charge in [0.05, 0.1) is 45.5 Å². The maximum Gasteiger partial charge on any atom is 0.309 e. The molecule has 1 aromatic rings. The maximum atomic E-state index is 12.1. The zero-order valence-corrected chi connectivity index (χ0v) is 19.9. The largest absolute Gasteiger partial charge is 0.469 e. The van der Waals surface area contributed by atoms with Crippen LogP contribution in [0.1, 0.15) is 58.9 Å². The van der Waals surface area contributed by atoms with Crippen LogP contribution < -0.4 is 0 Å². The Bertz CT molecular complexity index is 762. The van der Waals surface area contributed by atoms with E-state index in [1.165, 1.54) is 7.11 Å². The molecule has 33 heavy (non-hydrogen) atoms. The van der Waals surface area contributed by atoms with E-state index >= 15 is 0 Å². The van der Waals surface area contributed by atoms with Crippen LogP contribution in [0.3, 0.4) is 0 Å². The van der Waals surface area contributed by atoms with Crippen molar-refractivity contribution in [3.8, 4) is 0 Å². The summed E-state index contributed by atoms with van der Waals surface area (Å²) in [6.07, 6.45) is -2.73. The van der Waals surface area contributed by atoms with Crippen molar-refractivity contribution in [2.24, 2.45) is 0 Å². The molecule has 0 saturated heterocycles. The monoisotopic (exact) mass is 466 g/mol. The van der Waals surface area contributed by atoms with Gasteiger partial charge in [-0.15, -0.1) is 0 Å². The van der Waals surface area contributed by atoms with Gasteiger partial charge in [-0.3, -0.25) is 19.2 Å². The number of hydrogen-bond donors (Lipinski definition) is 0. The van der Waals surface area contributed by atoms with Crippen LogP contribution in [-0.2, 0) is 49.5 Å². The second-order valence-corrected chi connectivity index (χ2v) is 7.90. The number of esters is 4. The zero-order chi connectivity index (χ0) is 24.8. The first-order valence-electron chi connectivity index (χ1n) is 10.9. The van der Waals surface area contributed by atoms with E-state index in [9.17, 15) is 19.2 Å². The molecular weight excluding hydrogens is 432 g/mol. The fraction of sp³-hybridized carbons (Fsp3) is 0.583. The van der Waals surface area contributed by atoms with Gasteiger partial charge >= 0.3 is 23.9 Å². The summed E-state index contributed by atoms with van der Waals surface area (Å²) in [5.74, 6) is -2.18. The van der Waals surface area contributed by atoms with Crippen LogP contribution in [0, 0.1) is 0 Å². The fourth-order valence-corrected chi connectivity index (χ4v) is 2.84. The normalized spacial score (nSPS) is 14.3. The average molecular weight is 467 g/mol. The molecule has 0 heterocycles. The molecule has 0 radical (unpaired) electrons. The minimum absolute atomic E-state index is 0.0538. The molecule has 0 aliphatic carbocycles. The summed E-state index contributed by atoms with van der Waals surface area (Å²) >= 11 is 0. The molecule has 1 rings (SSSR count). The van der Waals surface area contributed by atoms with Gasteiger partial charge in [0.15, 0.2) is 0 Å². The lowest BCUT2D eigenvalue weighted by Crippen LogP contribution is -2.26. The number of carbonyl (C=O) groups excluding carboxylic acids is 4. The highest BCUT2D eigenvalue weighted by Gasteiger charge is 2.21. The van der Waals surface area contributed by atoms with Crippen molar-refractivity contribution in [2.45, 2.75) is 84.4 Å². The predicted molar refractivity (Wildman–Crippen MR) is 118 cm³/mol. The quantitative estimate of drug-likeness (QED) is 0.301. The fourth-order valence-electron chi connectivity index (χ4n) is 2.84. The standard InChI is InChI=1S/C24H34O9/c1-16(30-15-20-9-7-6-8-10-20)11-22(26)32-18(3)13-24(28)33-19(4)14-23(27)31-17(2)12-21(25)29-5/h6-10,16-19H,11-15H2,1-5H3/t16-,17-,18-,19-/m1/s1. The van der Waals surface area contributed by atoms with E-state index in [1.807, 2.05) is 30.3 Å². The van der Waals surface area contributed by atoms with Crippen LogP contribution in [-0.4, -0.2) is 55.4 Å². The predicted octanol–water partition coefficient (Wildman–Crippen LogP) is 3.12. The molecule has 1 aromatic carbocycles. The highest BCUT2D eigenvalue weighted by atomic mass is 16.6. The van der Waals surface area contributed by atoms with Crippen LogP contribution in [0.4, 0.5) is 0 Å². The first-order chi connectivity index (χ1) is 15.6. The maximum absolute atomic E-state index is 12.1. The van der Waals surface area contributed by atoms with Gasteiger partial charge in [0.1, 0.15) is 18.3 Å². The van der Waals surface area contributed by atoms with Gasteiger partial charge in [0.25, 0.3) is 0 Å². The van der Waals surface area contributed by atoms with Gasteiger partial charge in [-0.25, -0.2) is 0 Å². The third-order valence-corrected chi connectivity index (χ3v) is 4.42. The average Bonchev–Trinajstić information content (AvgIpc) is 2.71. The molecular formula is C24H34O9. The molecule has 0 bridgehead atoms. The molecule has 0 spiro atoms. The topological polar surface area (TPSA) is 114 Å². The van der Waals surface area contributed by atoms with E-state index in [2.05, 4.69) is 4.74 Å². The Morgan fingerprint density at radius 3 is 1.45 bits per heavy atom. The SMILES string of the molecule is COC(=O)C[C@@H](C)OC(=O)C[C@@H](C)OC(=O)C[C@@H](C)OC(=O)C[C@@H](C)OCc1ccccc1. The lowest BCUT2D eigenvalue weighted by Gasteiger charge is -2.18. The number of ether oxygens (including phenoxy) is 5. The van der Waals surface area contributed by atoms with Gasteiger partial charge in [-0.1, -0.05) is 30.3 Å². The zero-order valence-electron chi connectivity index (χ0n) is 19.9. The number of rotatable bonds is 14. The number of carbonyl (C=O) groups is 4. The van der Waals surface area contributed by atoms with Crippen molar-refractivity contribution in [1.29, 1.82) is 0 Å². The number of hydrogen-bond acceptors (Lipinski definition) is 9. The number of methoxy groups -OCH3 is 1. The van der Waals surface area contributed by atoms with Gasteiger partial charge < -0.3 is 23.7 Å². The highest BCUT2D eigenvalue weighted by Crippen LogP contribution is 2.10. The molecule has 9 nitrogen and oxygen atoms in total. The van der Waals surface area contributed by atoms with Crippen LogP contribution in [0.25, 0.3) is 0 Å². The second kappa shape index (κ2) is 15.0. The van der Waals surface area contributed by atoms with Crippen molar-refractivity contribution in [1.82, 2.24) is 0 Å². The van der Waals surface area contributed by atoms with Crippen molar-refractivity contribution in [3.63, 3.8) is 0 Å². The summed E-state index contributed by atoms with van der Waals surface area (Å²) in [6, 6.07) is 9.60. The van der Waals surface area contributed by atoms with Crippen molar-refractivity contribution in [3.05, 3.63) is 35.9 Å². The van der Waals surface area contributed by atoms with Crippen LogP contribution in [0.15, 0.2) is 30.3 Å². The lowest BCUT2D eigenvalue weighted by atomic mass is 10.2. The van der Waals surface area contributed by atoms with Crippen molar-refractivity contribution in [2.75, 3.05) is 7.11 Å². The van der Waals surface area contributed by atoms with Crippen molar-refractivity contribution < 1.29 is 42.9 Å². The first-order valence-corrected chi connectivity index (χ1v) is 10.9. The Kier molecular flexibility index (Phi) is 12.8. The van der Waals surface area contributed by atoms with Gasteiger partial charge in [-0.05, 0) is 33.3 Å². The summed E-state index contributed by atoms with van der Waals surface area (Å²) < 4.78 is 25.7. The van der Waals surface area contributed by atoms with E-state index in [1.54, 1.807) is 27.7 Å². The van der Waals surface area contributed by atoms with Crippen LogP contribution >= 0.6 is 0 Å². The Morgan fingerprint density at radius 1 is 0.636 bits per heavy atom. The summed E-state index contributed by atoms with van der Waals surface area (Å²) in [5, 5.41) is 0. The molecule has 0 fully saturated rings. The van der Waals surface area contributed by atoms with Crippen molar-refractivity contribution >= 4 is 23.9 Å². The lowest BCUT2D eigenvalue weighted by molar-refractivity contribution is -0.160. The molecule has 9 heteroatoms. The summed E-state index contributed by atoms with van der Waals surface area (Å²) in [5.41, 5.74) is 1.00. The molecule has 0 aliphatic rings. The summed E-state index contributed by atoms with van der Waals surface area (Å²) in [6.45, 7) is 6.86. The smallest absolute Gasteiger partial charge is 0.309 e. The van der Waals surface area contributed by atoms with E-state index in [0.717, 1.165) is 5.56 Å². The summed E-state index contributed by atoms with van der Waals surface area (Å²) in [7, 11) is 1.25. The van der Waals surface area contributed by atoms with E-state index < -0.39 is 42.2 Å². The number of benzene rings is 1. The Morgan fingerprint density at radius 2 is 1.03 bits per heavy atom. The van der Waals surface area contributed by atoms with E-state index in [-0.39, 0.29) is 31.8 Å². The molecule has 0 unspecified atom stereocenters. The molecule has 0 aliphatic heterocycles.